The number of aromatic nitrogens is 2. The van der Waals surface area contributed by atoms with Gasteiger partial charge >= 0.3 is 5.69 Å². The Labute approximate surface area is 240 Å². The van der Waals surface area contributed by atoms with Gasteiger partial charge in [0.05, 0.1) is 6.61 Å². The first-order valence-electron chi connectivity index (χ1n) is 13.8. The van der Waals surface area contributed by atoms with Crippen molar-refractivity contribution in [3.05, 3.63) is 58.6 Å². The first kappa shape index (κ1) is 32.4. The molecule has 0 radical (unpaired) electrons. The van der Waals surface area contributed by atoms with E-state index in [0.717, 1.165) is 0 Å². The van der Waals surface area contributed by atoms with Gasteiger partial charge in [0, 0.05) is 18.9 Å². The van der Waals surface area contributed by atoms with Crippen LogP contribution in [-0.2, 0) is 18.3 Å². The van der Waals surface area contributed by atoms with Gasteiger partial charge in [-0.3, -0.25) is 9.36 Å². The predicted octanol–water partition coefficient (Wildman–Crippen LogP) is 5.82. The Kier molecular flexibility index (Phi) is 9.70. The maximum atomic E-state index is 13.3. The predicted molar refractivity (Wildman–Crippen MR) is 163 cm³/mol. The van der Waals surface area contributed by atoms with Crippen molar-refractivity contribution in [3.63, 3.8) is 0 Å². The molecule has 1 fully saturated rings. The Balaban J connectivity index is 1.93. The summed E-state index contributed by atoms with van der Waals surface area (Å²) in [4.78, 5) is 30.0. The smallest absolute Gasteiger partial charge is 0.351 e. The van der Waals surface area contributed by atoms with Crippen molar-refractivity contribution in [3.8, 4) is 0 Å². The Bertz CT molecular complexity index is 1220. The first-order valence-corrected chi connectivity index (χ1v) is 19.7. The van der Waals surface area contributed by atoms with Crippen LogP contribution >= 0.6 is 0 Å². The molecule has 0 spiro atoms. The van der Waals surface area contributed by atoms with Crippen molar-refractivity contribution >= 4 is 28.4 Å². The van der Waals surface area contributed by atoms with E-state index in [1.807, 2.05) is 6.07 Å². The average molecular weight is 590 g/mol. The highest BCUT2D eigenvalue weighted by atomic mass is 28.4. The van der Waals surface area contributed by atoms with E-state index in [4.69, 9.17) is 18.3 Å². The highest BCUT2D eigenvalue weighted by Crippen LogP contribution is 2.43. The van der Waals surface area contributed by atoms with E-state index >= 15 is 0 Å². The number of anilines is 1. The van der Waals surface area contributed by atoms with Crippen LogP contribution in [0.25, 0.3) is 0 Å². The van der Waals surface area contributed by atoms with Crippen LogP contribution in [0.1, 0.15) is 58.1 Å². The standard InChI is InChI=1S/C29H47N3O6Si2/c1-28(2,3)39(8,9)36-19-21-23(35-7)24(38-40(10,11)29(4,5)6)26(37-21)32-18-17-22(31-27(32)34)30-25(33)20-15-13-12-14-16-20/h12-18,21,23-24,26H,19H2,1-11H3,(H,30,31,33,34)/t21-,23-,24-,26-/m1/s1. The molecular formula is C29H47N3O6Si2. The molecule has 0 bridgehead atoms. The molecule has 9 nitrogen and oxygen atoms in total. The van der Waals surface area contributed by atoms with Crippen LogP contribution < -0.4 is 11.0 Å². The van der Waals surface area contributed by atoms with E-state index in [1.54, 1.807) is 43.6 Å². The summed E-state index contributed by atoms with van der Waals surface area (Å²) in [7, 11) is -2.72. The van der Waals surface area contributed by atoms with E-state index < -0.39 is 46.9 Å². The lowest BCUT2D eigenvalue weighted by Gasteiger charge is -2.40. The fourth-order valence-electron chi connectivity index (χ4n) is 3.95. The van der Waals surface area contributed by atoms with Gasteiger partial charge in [0.15, 0.2) is 22.9 Å². The van der Waals surface area contributed by atoms with E-state index in [9.17, 15) is 9.59 Å². The summed E-state index contributed by atoms with van der Waals surface area (Å²) in [6.07, 6.45) is -0.627. The van der Waals surface area contributed by atoms with Crippen LogP contribution in [0.4, 0.5) is 5.82 Å². The zero-order chi connectivity index (χ0) is 30.1. The fourth-order valence-corrected chi connectivity index (χ4v) is 6.25. The highest BCUT2D eigenvalue weighted by Gasteiger charge is 2.52. The molecule has 222 valence electrons. The van der Waals surface area contributed by atoms with Crippen LogP contribution in [0.2, 0.25) is 36.3 Å². The zero-order valence-electron chi connectivity index (χ0n) is 25.9. The summed E-state index contributed by atoms with van der Waals surface area (Å²) in [5.74, 6) is -0.181. The first-order chi connectivity index (χ1) is 18.4. The largest absolute Gasteiger partial charge is 0.414 e. The van der Waals surface area contributed by atoms with Gasteiger partial charge in [0.2, 0.25) is 0 Å². The number of carbonyl (C=O) groups excluding carboxylic acids is 1. The van der Waals surface area contributed by atoms with Gasteiger partial charge in [-0.1, -0.05) is 59.7 Å². The molecule has 0 unspecified atom stereocenters. The maximum absolute atomic E-state index is 13.3. The van der Waals surface area contributed by atoms with Crippen LogP contribution in [0.3, 0.4) is 0 Å². The van der Waals surface area contributed by atoms with Crippen molar-refractivity contribution < 1.29 is 23.1 Å². The monoisotopic (exact) mass is 589 g/mol. The summed E-state index contributed by atoms with van der Waals surface area (Å²) in [5, 5.41) is 2.66. The summed E-state index contributed by atoms with van der Waals surface area (Å²) >= 11 is 0. The van der Waals surface area contributed by atoms with E-state index in [-0.39, 0.29) is 21.8 Å². The van der Waals surface area contributed by atoms with Gasteiger partial charge in [-0.15, -0.1) is 0 Å². The molecular weight excluding hydrogens is 543 g/mol. The third-order valence-electron chi connectivity index (χ3n) is 8.59. The third-order valence-corrected chi connectivity index (χ3v) is 17.6. The SMILES string of the molecule is CO[C@H]1[C@@H](O[Si](C)(C)C(C)(C)C)[C@H](n2ccc(NC(=O)c3ccccc3)nc2=O)O[C@@H]1CO[Si](C)(C)C(C)(C)C. The maximum Gasteiger partial charge on any atom is 0.351 e. The minimum atomic E-state index is -2.29. The molecule has 1 N–H and O–H groups in total. The van der Waals surface area contributed by atoms with Crippen molar-refractivity contribution in [2.45, 2.75) is 102 Å². The molecule has 3 rings (SSSR count). The Morgan fingerprint density at radius 3 is 2.10 bits per heavy atom. The van der Waals surface area contributed by atoms with E-state index in [1.165, 1.54) is 4.57 Å². The molecule has 1 saturated heterocycles. The molecule has 4 atom stereocenters. The second-order valence-electron chi connectivity index (χ2n) is 13.5. The second-order valence-corrected chi connectivity index (χ2v) is 23.1. The van der Waals surface area contributed by atoms with Gasteiger partial charge < -0.3 is 23.6 Å². The van der Waals surface area contributed by atoms with Crippen molar-refractivity contribution in [2.24, 2.45) is 0 Å². The second kappa shape index (κ2) is 12.0. The van der Waals surface area contributed by atoms with Crippen LogP contribution in [0.5, 0.6) is 0 Å². The number of hydrogen-bond donors (Lipinski definition) is 1. The molecule has 1 aromatic carbocycles. The van der Waals surface area contributed by atoms with Crippen LogP contribution in [-0.4, -0.2) is 64.1 Å². The number of nitrogens with zero attached hydrogens (tertiary/aromatic N) is 2. The minimum absolute atomic E-state index is 0.0332. The number of ether oxygens (including phenoxy) is 2. The number of carbonyl (C=O) groups is 1. The molecule has 2 aromatic rings. The van der Waals surface area contributed by atoms with E-state index in [0.29, 0.717) is 12.2 Å². The number of hydrogen-bond acceptors (Lipinski definition) is 7. The van der Waals surface area contributed by atoms with Gasteiger partial charge in [0.1, 0.15) is 24.1 Å². The van der Waals surface area contributed by atoms with E-state index in [2.05, 4.69) is 78.0 Å². The summed E-state index contributed by atoms with van der Waals surface area (Å²) in [5.41, 5.74) is -0.0801. The normalized spacial score (nSPS) is 22.4. The molecule has 1 aliphatic rings. The van der Waals surface area contributed by atoms with Gasteiger partial charge in [-0.05, 0) is 54.5 Å². The molecule has 2 heterocycles. The van der Waals surface area contributed by atoms with Gasteiger partial charge in [-0.25, -0.2) is 4.79 Å². The molecule has 0 aliphatic carbocycles. The third kappa shape index (κ3) is 7.18. The van der Waals surface area contributed by atoms with Crippen LogP contribution in [0.15, 0.2) is 47.4 Å². The van der Waals surface area contributed by atoms with Crippen molar-refractivity contribution in [1.29, 1.82) is 0 Å². The lowest BCUT2D eigenvalue weighted by atomic mass is 10.1. The topological polar surface area (TPSA) is 101 Å². The lowest BCUT2D eigenvalue weighted by molar-refractivity contribution is -0.0538. The Hall–Kier alpha value is -2.16. The molecule has 0 saturated carbocycles. The summed E-state index contributed by atoms with van der Waals surface area (Å²) in [6.45, 7) is 22.1. The number of amides is 1. The average Bonchev–Trinajstić information content (AvgIpc) is 3.18. The molecule has 1 amide bonds. The number of methoxy groups -OCH3 is 1. The number of nitrogens with one attached hydrogen (secondary N) is 1. The summed E-state index contributed by atoms with van der Waals surface area (Å²) < 4.78 is 27.3. The highest BCUT2D eigenvalue weighted by molar-refractivity contribution is 6.74. The number of benzene rings is 1. The zero-order valence-corrected chi connectivity index (χ0v) is 27.9. The minimum Gasteiger partial charge on any atom is -0.414 e. The quantitative estimate of drug-likeness (QED) is 0.368. The van der Waals surface area contributed by atoms with Crippen molar-refractivity contribution in [1.82, 2.24) is 9.55 Å². The molecule has 1 aromatic heterocycles. The lowest BCUT2D eigenvalue weighted by Crippen LogP contribution is -2.50. The molecule has 40 heavy (non-hydrogen) atoms. The molecule has 11 heteroatoms. The summed E-state index contributed by atoms with van der Waals surface area (Å²) in [6, 6.07) is 10.4. The van der Waals surface area contributed by atoms with Crippen LogP contribution in [0, 0.1) is 0 Å². The number of rotatable bonds is 9. The van der Waals surface area contributed by atoms with Crippen molar-refractivity contribution in [2.75, 3.05) is 19.0 Å². The Morgan fingerprint density at radius 1 is 0.975 bits per heavy atom. The fraction of sp³-hybridized carbons (Fsp3) is 0.621. The molecule has 1 aliphatic heterocycles. The van der Waals surface area contributed by atoms with Gasteiger partial charge in [0.25, 0.3) is 5.91 Å². The van der Waals surface area contributed by atoms with Gasteiger partial charge in [-0.2, -0.15) is 4.98 Å². The Morgan fingerprint density at radius 2 is 1.57 bits per heavy atom.